The second-order valence-electron chi connectivity index (χ2n) is 6.70. The number of ether oxygens (including phenoxy) is 1. The van der Waals surface area contributed by atoms with Crippen molar-refractivity contribution in [3.8, 4) is 5.75 Å². The van der Waals surface area contributed by atoms with Crippen LogP contribution >= 0.6 is 11.8 Å². The Morgan fingerprint density at radius 1 is 1.12 bits per heavy atom. The highest BCUT2D eigenvalue weighted by Crippen LogP contribution is 2.30. The highest BCUT2D eigenvalue weighted by molar-refractivity contribution is 7.99. The van der Waals surface area contributed by atoms with Crippen molar-refractivity contribution < 1.29 is 9.53 Å². The zero-order valence-electron chi connectivity index (χ0n) is 15.1. The molecule has 1 aliphatic rings. The largest absolute Gasteiger partial charge is 0.497 e. The first-order valence-electron chi connectivity index (χ1n) is 8.76. The molecule has 1 saturated heterocycles. The zero-order chi connectivity index (χ0) is 17.8. The fourth-order valence-corrected chi connectivity index (χ4v) is 4.06. The lowest BCUT2D eigenvalue weighted by atomic mass is 9.98. The van der Waals surface area contributed by atoms with E-state index in [1.807, 2.05) is 40.9 Å². The molecular weight excluding hydrogens is 330 g/mol. The highest BCUT2D eigenvalue weighted by Gasteiger charge is 2.27. The van der Waals surface area contributed by atoms with E-state index in [9.17, 15) is 4.79 Å². The van der Waals surface area contributed by atoms with Gasteiger partial charge in [-0.1, -0.05) is 26.0 Å². The van der Waals surface area contributed by atoms with Gasteiger partial charge in [0, 0.05) is 34.7 Å². The SMILES string of the molecule is COc1ccc(C2CCN(C(=O)c3ccc(SC(C)C)cc3)C2)cc1. The van der Waals surface area contributed by atoms with Crippen LogP contribution in [-0.2, 0) is 0 Å². The van der Waals surface area contributed by atoms with Crippen LogP contribution in [0.1, 0.15) is 42.1 Å². The normalized spacial score (nSPS) is 17.1. The second kappa shape index (κ2) is 7.96. The summed E-state index contributed by atoms with van der Waals surface area (Å²) < 4.78 is 5.22. The molecule has 0 bridgehead atoms. The lowest BCUT2D eigenvalue weighted by Gasteiger charge is -2.17. The molecule has 4 heteroatoms. The Morgan fingerprint density at radius 3 is 2.40 bits per heavy atom. The first-order chi connectivity index (χ1) is 12.1. The van der Waals surface area contributed by atoms with E-state index in [4.69, 9.17) is 4.74 Å². The van der Waals surface area contributed by atoms with Gasteiger partial charge in [-0.05, 0) is 48.4 Å². The summed E-state index contributed by atoms with van der Waals surface area (Å²) >= 11 is 1.82. The Bertz CT molecular complexity index is 710. The fraction of sp³-hybridized carbons (Fsp3) is 0.381. The molecule has 2 aromatic rings. The summed E-state index contributed by atoms with van der Waals surface area (Å²) in [5.41, 5.74) is 2.06. The molecule has 132 valence electrons. The molecule has 0 saturated carbocycles. The number of hydrogen-bond acceptors (Lipinski definition) is 3. The maximum atomic E-state index is 12.8. The molecule has 0 aliphatic carbocycles. The molecule has 1 heterocycles. The Morgan fingerprint density at radius 2 is 1.80 bits per heavy atom. The summed E-state index contributed by atoms with van der Waals surface area (Å²) in [7, 11) is 1.68. The molecule has 25 heavy (non-hydrogen) atoms. The van der Waals surface area contributed by atoms with Gasteiger partial charge in [0.1, 0.15) is 5.75 Å². The van der Waals surface area contributed by atoms with Crippen molar-refractivity contribution >= 4 is 17.7 Å². The van der Waals surface area contributed by atoms with E-state index < -0.39 is 0 Å². The van der Waals surface area contributed by atoms with E-state index in [2.05, 4.69) is 38.1 Å². The minimum atomic E-state index is 0.136. The molecule has 0 radical (unpaired) electrons. The first kappa shape index (κ1) is 17.9. The number of likely N-dealkylation sites (tertiary alicyclic amines) is 1. The third-order valence-corrected chi connectivity index (χ3v) is 5.55. The third-order valence-electron chi connectivity index (χ3n) is 4.54. The van der Waals surface area contributed by atoms with Gasteiger partial charge >= 0.3 is 0 Å². The van der Waals surface area contributed by atoms with Crippen molar-refractivity contribution in [1.82, 2.24) is 4.90 Å². The molecule has 1 amide bonds. The third kappa shape index (κ3) is 4.37. The van der Waals surface area contributed by atoms with E-state index >= 15 is 0 Å². The topological polar surface area (TPSA) is 29.5 Å². The number of carbonyl (C=O) groups excluding carboxylic acids is 1. The van der Waals surface area contributed by atoms with E-state index in [-0.39, 0.29) is 5.91 Å². The number of carbonyl (C=O) groups is 1. The van der Waals surface area contributed by atoms with Crippen LogP contribution in [0.4, 0.5) is 0 Å². The Hall–Kier alpha value is -1.94. The molecule has 1 aliphatic heterocycles. The van der Waals surface area contributed by atoms with Gasteiger partial charge in [-0.2, -0.15) is 0 Å². The predicted octanol–water partition coefficient (Wildman–Crippen LogP) is 4.83. The van der Waals surface area contributed by atoms with Crippen molar-refractivity contribution in [2.45, 2.75) is 36.3 Å². The van der Waals surface area contributed by atoms with Crippen LogP contribution in [0.3, 0.4) is 0 Å². The summed E-state index contributed by atoms with van der Waals surface area (Å²) in [6.07, 6.45) is 1.01. The van der Waals surface area contributed by atoms with Crippen LogP contribution in [0.2, 0.25) is 0 Å². The average Bonchev–Trinajstić information content (AvgIpc) is 3.11. The van der Waals surface area contributed by atoms with Crippen molar-refractivity contribution in [2.24, 2.45) is 0 Å². The number of thioether (sulfide) groups is 1. The van der Waals surface area contributed by atoms with E-state index in [1.54, 1.807) is 7.11 Å². The molecule has 1 fully saturated rings. The molecular formula is C21H25NO2S. The Labute approximate surface area is 154 Å². The molecule has 1 unspecified atom stereocenters. The Kier molecular flexibility index (Phi) is 5.69. The molecule has 2 aromatic carbocycles. The van der Waals surface area contributed by atoms with E-state index in [1.165, 1.54) is 10.5 Å². The van der Waals surface area contributed by atoms with Gasteiger partial charge in [0.25, 0.3) is 5.91 Å². The van der Waals surface area contributed by atoms with Gasteiger partial charge in [0.2, 0.25) is 0 Å². The number of rotatable bonds is 5. The summed E-state index contributed by atoms with van der Waals surface area (Å²) in [6, 6.07) is 16.2. The van der Waals surface area contributed by atoms with Crippen LogP contribution in [-0.4, -0.2) is 36.3 Å². The minimum absolute atomic E-state index is 0.136. The summed E-state index contributed by atoms with van der Waals surface area (Å²) in [4.78, 5) is 15.9. The quantitative estimate of drug-likeness (QED) is 0.720. The van der Waals surface area contributed by atoms with Gasteiger partial charge in [0.15, 0.2) is 0 Å². The minimum Gasteiger partial charge on any atom is -0.497 e. The number of amides is 1. The maximum absolute atomic E-state index is 12.8. The van der Waals surface area contributed by atoms with Crippen LogP contribution in [0.15, 0.2) is 53.4 Å². The van der Waals surface area contributed by atoms with E-state index in [0.717, 1.165) is 30.8 Å². The molecule has 3 rings (SSSR count). The Balaban J connectivity index is 1.63. The molecule has 1 atom stereocenters. The highest BCUT2D eigenvalue weighted by atomic mass is 32.2. The lowest BCUT2D eigenvalue weighted by molar-refractivity contribution is 0.0790. The average molecular weight is 356 g/mol. The zero-order valence-corrected chi connectivity index (χ0v) is 15.9. The van der Waals surface area contributed by atoms with Gasteiger partial charge in [-0.25, -0.2) is 0 Å². The first-order valence-corrected chi connectivity index (χ1v) is 9.64. The number of nitrogens with zero attached hydrogens (tertiary/aromatic N) is 1. The van der Waals surface area contributed by atoms with Crippen LogP contribution in [0, 0.1) is 0 Å². The van der Waals surface area contributed by atoms with Crippen molar-refractivity contribution in [2.75, 3.05) is 20.2 Å². The van der Waals surface area contributed by atoms with Crippen LogP contribution < -0.4 is 4.74 Å². The maximum Gasteiger partial charge on any atom is 0.253 e. The molecule has 0 spiro atoms. The number of hydrogen-bond donors (Lipinski definition) is 0. The van der Waals surface area contributed by atoms with Crippen molar-refractivity contribution in [1.29, 1.82) is 0 Å². The molecule has 3 nitrogen and oxygen atoms in total. The van der Waals surface area contributed by atoms with Crippen LogP contribution in [0.5, 0.6) is 5.75 Å². The monoisotopic (exact) mass is 355 g/mol. The standard InChI is InChI=1S/C21H25NO2S/c1-15(2)25-20-10-6-17(7-11-20)21(23)22-13-12-18(14-22)16-4-8-19(24-3)9-5-16/h4-11,15,18H,12-14H2,1-3H3. The second-order valence-corrected chi connectivity index (χ2v) is 8.35. The van der Waals surface area contributed by atoms with Gasteiger partial charge in [0.05, 0.1) is 7.11 Å². The predicted molar refractivity (Wildman–Crippen MR) is 104 cm³/mol. The lowest BCUT2D eigenvalue weighted by Crippen LogP contribution is -2.28. The molecule has 0 N–H and O–H groups in total. The fourth-order valence-electron chi connectivity index (χ4n) is 3.22. The number of methoxy groups -OCH3 is 1. The van der Waals surface area contributed by atoms with Crippen molar-refractivity contribution in [3.05, 3.63) is 59.7 Å². The van der Waals surface area contributed by atoms with E-state index in [0.29, 0.717) is 11.2 Å². The smallest absolute Gasteiger partial charge is 0.253 e. The van der Waals surface area contributed by atoms with Gasteiger partial charge in [-0.3, -0.25) is 4.79 Å². The van der Waals surface area contributed by atoms with Crippen molar-refractivity contribution in [3.63, 3.8) is 0 Å². The van der Waals surface area contributed by atoms with Gasteiger partial charge < -0.3 is 9.64 Å². The molecule has 0 aromatic heterocycles. The summed E-state index contributed by atoms with van der Waals surface area (Å²) in [5, 5.41) is 0.547. The summed E-state index contributed by atoms with van der Waals surface area (Å²) in [6.45, 7) is 5.95. The van der Waals surface area contributed by atoms with Gasteiger partial charge in [-0.15, -0.1) is 11.8 Å². The van der Waals surface area contributed by atoms with Crippen LogP contribution in [0.25, 0.3) is 0 Å². The summed E-state index contributed by atoms with van der Waals surface area (Å²) in [5.74, 6) is 1.41. The number of benzene rings is 2.